The molecule has 3 saturated carbocycles. The molecule has 2 amide bonds. The first-order valence-corrected chi connectivity index (χ1v) is 16.8. The van der Waals surface area contributed by atoms with Gasteiger partial charge in [-0.05, 0) is 49.9 Å². The first-order chi connectivity index (χ1) is 20.1. The van der Waals surface area contributed by atoms with Crippen LogP contribution in [0, 0.1) is 23.7 Å². The lowest BCUT2D eigenvalue weighted by atomic mass is 9.79. The predicted octanol–water partition coefficient (Wildman–Crippen LogP) is 4.46. The molecule has 3 fully saturated rings. The number of imidazole rings is 1. The number of hydrogen-bond acceptors (Lipinski definition) is 6. The van der Waals surface area contributed by atoms with Crippen LogP contribution in [0.2, 0.25) is 0 Å². The third kappa shape index (κ3) is 10.1. The van der Waals surface area contributed by atoms with E-state index >= 15 is 0 Å². The van der Waals surface area contributed by atoms with Crippen molar-refractivity contribution >= 4 is 11.8 Å². The van der Waals surface area contributed by atoms with Gasteiger partial charge >= 0.3 is 0 Å². The molecule has 1 heterocycles. The Labute approximate surface area is 252 Å². The molecule has 3 aliphatic carbocycles. The number of aromatic amines is 1. The smallest absolute Gasteiger partial charge is 0.226 e. The fraction of sp³-hybridized carbons (Fsp3) is 0.848. The zero-order chi connectivity index (χ0) is 30.1. The normalized spacial score (nSPS) is 22.3. The Morgan fingerprint density at radius 3 is 2.31 bits per heavy atom. The molecule has 4 atom stereocenters. The third-order valence-corrected chi connectivity index (χ3v) is 9.84. The van der Waals surface area contributed by atoms with Gasteiger partial charge in [-0.2, -0.15) is 0 Å². The van der Waals surface area contributed by atoms with Gasteiger partial charge in [-0.3, -0.25) is 9.59 Å². The molecule has 1 aromatic heterocycles. The van der Waals surface area contributed by atoms with E-state index < -0.39 is 29.8 Å². The largest absolute Gasteiger partial charge is 0.390 e. The van der Waals surface area contributed by atoms with Crippen molar-refractivity contribution in [3.8, 4) is 0 Å². The van der Waals surface area contributed by atoms with Gasteiger partial charge in [0.2, 0.25) is 11.8 Å². The second-order valence-electron chi connectivity index (χ2n) is 14.1. The second kappa shape index (κ2) is 15.7. The Hall–Kier alpha value is -1.97. The molecule has 0 unspecified atom stereocenters. The predicted molar refractivity (Wildman–Crippen MR) is 162 cm³/mol. The van der Waals surface area contributed by atoms with E-state index in [0.717, 1.165) is 57.8 Å². The van der Waals surface area contributed by atoms with Gasteiger partial charge in [0.1, 0.15) is 11.9 Å². The minimum atomic E-state index is -1.11. The molecule has 9 heteroatoms. The first-order valence-electron chi connectivity index (χ1n) is 16.8. The Balaban J connectivity index is 1.60. The number of amides is 2. The highest BCUT2D eigenvalue weighted by Gasteiger charge is 2.43. The number of aliphatic hydroxyl groups excluding tert-OH is 2. The van der Waals surface area contributed by atoms with Crippen molar-refractivity contribution in [1.82, 2.24) is 20.2 Å². The van der Waals surface area contributed by atoms with Crippen molar-refractivity contribution in [2.24, 2.45) is 23.7 Å². The maximum atomic E-state index is 14.6. The molecule has 4 rings (SSSR count). The average molecular weight is 589 g/mol. The fourth-order valence-electron chi connectivity index (χ4n) is 7.27. The topological polar surface area (TPSA) is 139 Å². The van der Waals surface area contributed by atoms with Gasteiger partial charge in [0.15, 0.2) is 0 Å². The first kappa shape index (κ1) is 32.9. The van der Waals surface area contributed by atoms with Crippen LogP contribution in [0.3, 0.4) is 0 Å². The van der Waals surface area contributed by atoms with Crippen LogP contribution in [-0.2, 0) is 16.1 Å². The number of rotatable bonds is 16. The minimum absolute atomic E-state index is 0.0613. The number of carbonyl (C=O) groups excluding carboxylic acids is 2. The van der Waals surface area contributed by atoms with Gasteiger partial charge < -0.3 is 30.5 Å². The van der Waals surface area contributed by atoms with E-state index in [1.807, 2.05) is 13.8 Å². The molecule has 238 valence electrons. The van der Waals surface area contributed by atoms with Crippen molar-refractivity contribution in [2.75, 3.05) is 6.54 Å². The van der Waals surface area contributed by atoms with Crippen LogP contribution in [0.15, 0.2) is 12.4 Å². The highest BCUT2D eigenvalue weighted by molar-refractivity contribution is 5.86. The van der Waals surface area contributed by atoms with E-state index in [1.165, 1.54) is 6.42 Å². The summed E-state index contributed by atoms with van der Waals surface area (Å²) in [5.41, 5.74) is -1.02. The van der Waals surface area contributed by atoms with Crippen molar-refractivity contribution < 1.29 is 24.9 Å². The summed E-state index contributed by atoms with van der Waals surface area (Å²) in [5.74, 6) is 0.729. The Bertz CT molecular complexity index is 954. The monoisotopic (exact) mass is 588 g/mol. The van der Waals surface area contributed by atoms with Gasteiger partial charge in [-0.15, -0.1) is 0 Å². The lowest BCUT2D eigenvalue weighted by molar-refractivity contribution is -0.153. The second-order valence-corrected chi connectivity index (χ2v) is 14.1. The Morgan fingerprint density at radius 1 is 1.02 bits per heavy atom. The summed E-state index contributed by atoms with van der Waals surface area (Å²) in [4.78, 5) is 36.7. The molecule has 0 spiro atoms. The molecule has 5 N–H and O–H groups in total. The van der Waals surface area contributed by atoms with E-state index in [1.54, 1.807) is 17.3 Å². The SMILES string of the molecule is CC(C)C[C@H](O)[C@H](O)[C@H](CC1CCCCC1)N(CC1(O)CCCCC1)C(=O)[C@@H](CC(=O)NCc1ncc[nH]1)CC1CC1. The lowest BCUT2D eigenvalue weighted by Crippen LogP contribution is -2.58. The van der Waals surface area contributed by atoms with Gasteiger partial charge in [0.05, 0.1) is 24.3 Å². The van der Waals surface area contributed by atoms with Crippen molar-refractivity contribution in [2.45, 2.75) is 147 Å². The summed E-state index contributed by atoms with van der Waals surface area (Å²) in [7, 11) is 0. The molecule has 3 aliphatic rings. The number of H-pyrrole nitrogens is 1. The van der Waals surface area contributed by atoms with Crippen LogP contribution in [0.1, 0.15) is 122 Å². The van der Waals surface area contributed by atoms with Gasteiger partial charge in [-0.1, -0.05) is 78.1 Å². The lowest BCUT2D eigenvalue weighted by Gasteiger charge is -2.45. The van der Waals surface area contributed by atoms with E-state index in [-0.39, 0.29) is 37.2 Å². The summed E-state index contributed by atoms with van der Waals surface area (Å²) < 4.78 is 0. The molecular weight excluding hydrogens is 532 g/mol. The summed E-state index contributed by atoms with van der Waals surface area (Å²) in [6, 6.07) is -0.604. The van der Waals surface area contributed by atoms with Gasteiger partial charge in [-0.25, -0.2) is 4.98 Å². The summed E-state index contributed by atoms with van der Waals surface area (Å²) in [6.45, 7) is 4.45. The van der Waals surface area contributed by atoms with Crippen molar-refractivity contribution in [1.29, 1.82) is 0 Å². The summed E-state index contributed by atoms with van der Waals surface area (Å²) in [5, 5.41) is 37.5. The molecule has 0 saturated heterocycles. The average Bonchev–Trinajstić information content (AvgIpc) is 3.63. The van der Waals surface area contributed by atoms with Crippen LogP contribution in [0.4, 0.5) is 0 Å². The molecule has 42 heavy (non-hydrogen) atoms. The Morgan fingerprint density at radius 2 is 1.69 bits per heavy atom. The molecule has 1 aromatic rings. The Kier molecular flexibility index (Phi) is 12.3. The van der Waals surface area contributed by atoms with Crippen LogP contribution in [0.5, 0.6) is 0 Å². The standard InChI is InChI=1S/C33H56N4O5/c1-23(2)17-28(38)31(40)27(19-24-9-5-3-6-10-24)37(22-33(42)13-7-4-8-14-33)32(41)26(18-25-11-12-25)20-30(39)36-21-29-34-15-16-35-29/h15-16,23-28,31,38,40,42H,3-14,17-22H2,1-2H3,(H,34,35)(H,36,39)/t26-,27+,28+,31-/m1/s1. The maximum Gasteiger partial charge on any atom is 0.226 e. The van der Waals surface area contributed by atoms with E-state index in [9.17, 15) is 24.9 Å². The molecular formula is C33H56N4O5. The number of nitrogens with zero attached hydrogens (tertiary/aromatic N) is 2. The quantitative estimate of drug-likeness (QED) is 0.193. The number of hydrogen-bond donors (Lipinski definition) is 5. The van der Waals surface area contributed by atoms with Crippen molar-refractivity contribution in [3.05, 3.63) is 18.2 Å². The van der Waals surface area contributed by atoms with Crippen LogP contribution in [-0.4, -0.2) is 72.4 Å². The van der Waals surface area contributed by atoms with Crippen molar-refractivity contribution in [3.63, 3.8) is 0 Å². The molecule has 0 aromatic carbocycles. The minimum Gasteiger partial charge on any atom is -0.390 e. The highest BCUT2D eigenvalue weighted by Crippen LogP contribution is 2.39. The van der Waals surface area contributed by atoms with Gasteiger partial charge in [0.25, 0.3) is 0 Å². The summed E-state index contributed by atoms with van der Waals surface area (Å²) in [6.07, 6.45) is 14.8. The van der Waals surface area contributed by atoms with Crippen LogP contribution >= 0.6 is 0 Å². The zero-order valence-electron chi connectivity index (χ0n) is 26.0. The fourth-order valence-corrected chi connectivity index (χ4v) is 7.27. The van der Waals surface area contributed by atoms with Crippen LogP contribution < -0.4 is 5.32 Å². The molecule has 0 radical (unpaired) electrons. The highest BCUT2D eigenvalue weighted by atomic mass is 16.3. The maximum absolute atomic E-state index is 14.6. The molecule has 0 bridgehead atoms. The molecule has 9 nitrogen and oxygen atoms in total. The van der Waals surface area contributed by atoms with E-state index in [0.29, 0.717) is 49.8 Å². The van der Waals surface area contributed by atoms with Gasteiger partial charge in [0, 0.05) is 31.3 Å². The number of aromatic nitrogens is 2. The third-order valence-electron chi connectivity index (χ3n) is 9.84. The number of carbonyl (C=O) groups is 2. The van der Waals surface area contributed by atoms with E-state index in [4.69, 9.17) is 0 Å². The van der Waals surface area contributed by atoms with E-state index in [2.05, 4.69) is 15.3 Å². The van der Waals surface area contributed by atoms with Crippen LogP contribution in [0.25, 0.3) is 0 Å². The number of aliphatic hydroxyl groups is 3. The zero-order valence-corrected chi connectivity index (χ0v) is 26.0. The number of nitrogens with one attached hydrogen (secondary N) is 2. The molecule has 0 aliphatic heterocycles. The summed E-state index contributed by atoms with van der Waals surface area (Å²) >= 11 is 0.